The van der Waals surface area contributed by atoms with E-state index in [2.05, 4.69) is 10.6 Å². The van der Waals surface area contributed by atoms with E-state index in [9.17, 15) is 9.59 Å². The monoisotopic (exact) mass is 318 g/mol. The number of anilines is 1. The van der Waals surface area contributed by atoms with Gasteiger partial charge in [0.25, 0.3) is 0 Å². The van der Waals surface area contributed by atoms with Crippen molar-refractivity contribution in [2.75, 3.05) is 5.32 Å². The second kappa shape index (κ2) is 6.33. The van der Waals surface area contributed by atoms with Crippen molar-refractivity contribution in [1.29, 1.82) is 0 Å². The molecule has 3 N–H and O–H groups in total. The molecular formula is C13H16Cl2N2O3. The first-order valence-electron chi connectivity index (χ1n) is 5.86. The van der Waals surface area contributed by atoms with E-state index in [1.54, 1.807) is 26.8 Å². The minimum atomic E-state index is -1.11. The Bertz CT molecular complexity index is 527. The van der Waals surface area contributed by atoms with Crippen LogP contribution in [0.15, 0.2) is 18.2 Å². The Balaban J connectivity index is 2.81. The van der Waals surface area contributed by atoms with E-state index in [-0.39, 0.29) is 0 Å². The Hall–Kier alpha value is -1.46. The largest absolute Gasteiger partial charge is 0.480 e. The second-order valence-electron chi connectivity index (χ2n) is 5.36. The fraction of sp³-hybridized carbons (Fsp3) is 0.385. The Kier molecular flexibility index (Phi) is 5.25. The van der Waals surface area contributed by atoms with E-state index >= 15 is 0 Å². The van der Waals surface area contributed by atoms with Crippen molar-refractivity contribution in [2.24, 2.45) is 5.41 Å². The van der Waals surface area contributed by atoms with Crippen LogP contribution >= 0.6 is 23.2 Å². The first-order chi connectivity index (χ1) is 9.11. The molecule has 1 rings (SSSR count). The SMILES string of the molecule is CC(C)(C)C(NC(=O)Nc1cc(Cl)ccc1Cl)C(=O)O. The molecule has 7 heteroatoms. The lowest BCUT2D eigenvalue weighted by Gasteiger charge is -2.27. The van der Waals surface area contributed by atoms with Gasteiger partial charge in [0.2, 0.25) is 0 Å². The van der Waals surface area contributed by atoms with Gasteiger partial charge in [0, 0.05) is 5.02 Å². The highest BCUT2D eigenvalue weighted by Crippen LogP contribution is 2.25. The molecule has 0 aliphatic rings. The van der Waals surface area contributed by atoms with Crippen LogP contribution in [0.3, 0.4) is 0 Å². The number of hydrogen-bond donors (Lipinski definition) is 3. The Morgan fingerprint density at radius 2 is 1.85 bits per heavy atom. The van der Waals surface area contributed by atoms with Crippen molar-refractivity contribution in [3.05, 3.63) is 28.2 Å². The molecule has 0 aromatic heterocycles. The van der Waals surface area contributed by atoms with Crippen LogP contribution in [-0.2, 0) is 4.79 Å². The van der Waals surface area contributed by atoms with Crippen LogP contribution in [0.2, 0.25) is 10.0 Å². The molecule has 0 saturated carbocycles. The molecule has 0 fully saturated rings. The summed E-state index contributed by atoms with van der Waals surface area (Å²) in [5.41, 5.74) is -0.309. The molecule has 1 atom stereocenters. The van der Waals surface area contributed by atoms with Crippen LogP contribution in [0.4, 0.5) is 10.5 Å². The smallest absolute Gasteiger partial charge is 0.326 e. The van der Waals surface area contributed by atoms with Crippen molar-refractivity contribution in [3.63, 3.8) is 0 Å². The predicted octanol–water partition coefficient (Wildman–Crippen LogP) is 3.61. The van der Waals surface area contributed by atoms with Gasteiger partial charge in [-0.2, -0.15) is 0 Å². The van der Waals surface area contributed by atoms with Gasteiger partial charge < -0.3 is 15.7 Å². The van der Waals surface area contributed by atoms with Crippen LogP contribution < -0.4 is 10.6 Å². The lowest BCUT2D eigenvalue weighted by Crippen LogP contribution is -2.50. The van der Waals surface area contributed by atoms with Gasteiger partial charge >= 0.3 is 12.0 Å². The number of aliphatic carboxylic acids is 1. The molecule has 20 heavy (non-hydrogen) atoms. The summed E-state index contributed by atoms with van der Waals surface area (Å²) in [6.45, 7) is 5.16. The summed E-state index contributed by atoms with van der Waals surface area (Å²) in [5, 5.41) is 14.7. The second-order valence-corrected chi connectivity index (χ2v) is 6.20. The van der Waals surface area contributed by atoms with Crippen molar-refractivity contribution < 1.29 is 14.7 Å². The van der Waals surface area contributed by atoms with Crippen LogP contribution in [0, 0.1) is 5.41 Å². The van der Waals surface area contributed by atoms with Crippen LogP contribution in [0.5, 0.6) is 0 Å². The number of urea groups is 1. The molecule has 0 spiro atoms. The fourth-order valence-electron chi connectivity index (χ4n) is 1.53. The van der Waals surface area contributed by atoms with Crippen molar-refractivity contribution in [2.45, 2.75) is 26.8 Å². The van der Waals surface area contributed by atoms with E-state index in [1.165, 1.54) is 12.1 Å². The van der Waals surface area contributed by atoms with Gasteiger partial charge in [0.15, 0.2) is 0 Å². The van der Waals surface area contributed by atoms with Gasteiger partial charge in [-0.05, 0) is 23.6 Å². The third-order valence-electron chi connectivity index (χ3n) is 2.57. The zero-order valence-electron chi connectivity index (χ0n) is 11.3. The fourth-order valence-corrected chi connectivity index (χ4v) is 1.87. The number of amides is 2. The highest BCUT2D eigenvalue weighted by atomic mass is 35.5. The number of nitrogens with one attached hydrogen (secondary N) is 2. The maximum absolute atomic E-state index is 11.9. The highest BCUT2D eigenvalue weighted by molar-refractivity contribution is 6.35. The summed E-state index contributed by atoms with van der Waals surface area (Å²) < 4.78 is 0. The van der Waals surface area contributed by atoms with Crippen molar-refractivity contribution in [3.8, 4) is 0 Å². The lowest BCUT2D eigenvalue weighted by atomic mass is 9.87. The van der Waals surface area contributed by atoms with Crippen LogP contribution in [0.25, 0.3) is 0 Å². The zero-order chi connectivity index (χ0) is 15.5. The Morgan fingerprint density at radius 1 is 1.25 bits per heavy atom. The van der Waals surface area contributed by atoms with Crippen LogP contribution in [-0.4, -0.2) is 23.1 Å². The number of carboxylic acid groups (broad SMARTS) is 1. The zero-order valence-corrected chi connectivity index (χ0v) is 12.8. The number of carbonyl (C=O) groups excluding carboxylic acids is 1. The lowest BCUT2D eigenvalue weighted by molar-refractivity contribution is -0.141. The number of halogens is 2. The maximum atomic E-state index is 11.9. The Labute approximate surface area is 127 Å². The summed E-state index contributed by atoms with van der Waals surface area (Å²) in [6.07, 6.45) is 0. The molecule has 5 nitrogen and oxygen atoms in total. The molecule has 0 saturated heterocycles. The minimum absolute atomic E-state index is 0.312. The van der Waals surface area contributed by atoms with Crippen LogP contribution in [0.1, 0.15) is 20.8 Å². The number of carbonyl (C=O) groups is 2. The minimum Gasteiger partial charge on any atom is -0.480 e. The number of hydrogen-bond acceptors (Lipinski definition) is 2. The van der Waals surface area contributed by atoms with Gasteiger partial charge in [-0.1, -0.05) is 44.0 Å². The highest BCUT2D eigenvalue weighted by Gasteiger charge is 2.32. The average molecular weight is 319 g/mol. The van der Waals surface area contributed by atoms with E-state index in [0.29, 0.717) is 15.7 Å². The number of carboxylic acids is 1. The molecule has 0 aliphatic heterocycles. The summed E-state index contributed by atoms with van der Waals surface area (Å²) >= 11 is 11.7. The van der Waals surface area contributed by atoms with Gasteiger partial charge in [-0.15, -0.1) is 0 Å². The molecule has 0 heterocycles. The molecule has 2 amide bonds. The number of benzene rings is 1. The van der Waals surface area contributed by atoms with Gasteiger partial charge in [-0.25, -0.2) is 9.59 Å². The first kappa shape index (κ1) is 16.6. The van der Waals surface area contributed by atoms with Gasteiger partial charge in [-0.3, -0.25) is 0 Å². The molecule has 1 unspecified atom stereocenters. The third kappa shape index (κ3) is 4.58. The Morgan fingerprint density at radius 3 is 2.35 bits per heavy atom. The maximum Gasteiger partial charge on any atom is 0.326 e. The first-order valence-corrected chi connectivity index (χ1v) is 6.62. The predicted molar refractivity (Wildman–Crippen MR) is 79.5 cm³/mol. The normalized spacial score (nSPS) is 12.7. The molecule has 0 aliphatic carbocycles. The number of rotatable bonds is 3. The van der Waals surface area contributed by atoms with E-state index in [4.69, 9.17) is 28.3 Å². The molecule has 0 bridgehead atoms. The average Bonchev–Trinajstić information content (AvgIpc) is 2.29. The van der Waals surface area contributed by atoms with E-state index < -0.39 is 23.5 Å². The van der Waals surface area contributed by atoms with Crippen molar-refractivity contribution in [1.82, 2.24) is 5.32 Å². The summed E-state index contributed by atoms with van der Waals surface area (Å²) in [7, 11) is 0. The molecule has 1 aromatic carbocycles. The van der Waals surface area contributed by atoms with Crippen molar-refractivity contribution >= 4 is 40.9 Å². The summed E-state index contributed by atoms with van der Waals surface area (Å²) in [4.78, 5) is 23.0. The summed E-state index contributed by atoms with van der Waals surface area (Å²) in [6, 6.07) is 2.92. The van der Waals surface area contributed by atoms with Gasteiger partial charge in [0.1, 0.15) is 6.04 Å². The molecular weight excluding hydrogens is 303 g/mol. The quantitative estimate of drug-likeness (QED) is 0.796. The molecule has 1 aromatic rings. The third-order valence-corrected chi connectivity index (χ3v) is 3.13. The molecule has 110 valence electrons. The van der Waals surface area contributed by atoms with E-state index in [0.717, 1.165) is 0 Å². The summed E-state index contributed by atoms with van der Waals surface area (Å²) in [5.74, 6) is -1.11. The van der Waals surface area contributed by atoms with E-state index in [1.807, 2.05) is 0 Å². The molecule has 0 radical (unpaired) electrons. The van der Waals surface area contributed by atoms with Gasteiger partial charge in [0.05, 0.1) is 10.7 Å². The topological polar surface area (TPSA) is 78.4 Å². The standard InChI is InChI=1S/C13H16Cl2N2O3/c1-13(2,3)10(11(18)19)17-12(20)16-9-6-7(14)4-5-8(9)15/h4-6,10H,1-3H3,(H,18,19)(H2,16,17,20).